The second-order valence-corrected chi connectivity index (χ2v) is 5.46. The van der Waals surface area contributed by atoms with Crippen LogP contribution in [-0.4, -0.2) is 16.5 Å². The molecule has 19 heavy (non-hydrogen) atoms. The van der Waals surface area contributed by atoms with Crippen LogP contribution >= 0.6 is 45.2 Å². The maximum absolute atomic E-state index is 10.7. The molecular weight excluding hydrogens is 478 g/mol. The molecule has 0 spiro atoms. The van der Waals surface area contributed by atoms with Gasteiger partial charge in [-0.3, -0.25) is 20.9 Å². The minimum atomic E-state index is -0.492. The van der Waals surface area contributed by atoms with Crippen molar-refractivity contribution in [3.8, 4) is 6.07 Å². The van der Waals surface area contributed by atoms with E-state index in [9.17, 15) is 10.1 Å². The lowest BCUT2D eigenvalue weighted by Crippen LogP contribution is -2.22. The van der Waals surface area contributed by atoms with Crippen LogP contribution in [0.1, 0.15) is 0 Å². The van der Waals surface area contributed by atoms with Crippen molar-refractivity contribution in [3.63, 3.8) is 0 Å². The van der Waals surface area contributed by atoms with Crippen molar-refractivity contribution < 1.29 is 4.92 Å². The minimum absolute atomic E-state index is 0.0320. The lowest BCUT2D eigenvalue weighted by atomic mass is 10.3. The normalized spacial score (nSPS) is 10.7. The van der Waals surface area contributed by atoms with Crippen molar-refractivity contribution in [2.45, 2.75) is 0 Å². The summed E-state index contributed by atoms with van der Waals surface area (Å²) in [7, 11) is 0. The van der Waals surface area contributed by atoms with Crippen molar-refractivity contribution in [2.24, 2.45) is 10.8 Å². The second-order valence-electron chi connectivity index (χ2n) is 3.14. The Kier molecular flexibility index (Phi) is 5.42. The molecule has 0 aliphatic carbocycles. The highest BCUT2D eigenvalue weighted by atomic mass is 127. The first-order chi connectivity index (χ1) is 8.86. The van der Waals surface area contributed by atoms with Gasteiger partial charge >= 0.3 is 0 Å². The lowest BCUT2D eigenvalue weighted by molar-refractivity contribution is -0.385. The Morgan fingerprint density at radius 2 is 2.05 bits per heavy atom. The van der Waals surface area contributed by atoms with Gasteiger partial charge in [0.15, 0.2) is 5.84 Å². The number of amidine groups is 1. The summed E-state index contributed by atoms with van der Waals surface area (Å²) in [5.74, 6) is -0.457. The molecule has 0 saturated carbocycles. The van der Waals surface area contributed by atoms with E-state index in [2.05, 4.69) is 10.5 Å². The van der Waals surface area contributed by atoms with E-state index in [4.69, 9.17) is 16.4 Å². The monoisotopic (exact) mass is 484 g/mol. The van der Waals surface area contributed by atoms with Crippen molar-refractivity contribution in [1.82, 2.24) is 0 Å². The third-order valence-corrected chi connectivity index (χ3v) is 3.58. The quantitative estimate of drug-likeness (QED) is 0.197. The Labute approximate surface area is 135 Å². The number of nitrogens with two attached hydrogens (primary N) is 1. The first-order valence-corrected chi connectivity index (χ1v) is 6.74. The predicted molar refractivity (Wildman–Crippen MR) is 87.1 cm³/mol. The molecule has 0 aromatic heterocycles. The molecule has 0 saturated heterocycles. The highest BCUT2D eigenvalue weighted by Gasteiger charge is 2.14. The van der Waals surface area contributed by atoms with Gasteiger partial charge in [0.25, 0.3) is 5.69 Å². The number of benzene rings is 1. The van der Waals surface area contributed by atoms with Crippen LogP contribution in [0.5, 0.6) is 0 Å². The molecule has 1 rings (SSSR count). The third kappa shape index (κ3) is 3.99. The Morgan fingerprint density at radius 3 is 2.42 bits per heavy atom. The van der Waals surface area contributed by atoms with E-state index < -0.39 is 10.8 Å². The summed E-state index contributed by atoms with van der Waals surface area (Å²) in [5.41, 5.74) is 7.96. The molecule has 98 valence electrons. The number of halogens is 2. The van der Waals surface area contributed by atoms with Crippen LogP contribution in [-0.2, 0) is 0 Å². The van der Waals surface area contributed by atoms with Gasteiger partial charge in [0.05, 0.1) is 10.6 Å². The highest BCUT2D eigenvalue weighted by Crippen LogP contribution is 2.29. The van der Waals surface area contributed by atoms with Crippen LogP contribution in [0.15, 0.2) is 17.2 Å². The van der Waals surface area contributed by atoms with Crippen LogP contribution in [0.3, 0.4) is 0 Å². The predicted octanol–water partition coefficient (Wildman–Crippen LogP) is 2.03. The molecule has 0 radical (unpaired) electrons. The molecule has 1 aromatic carbocycles. The average molecular weight is 484 g/mol. The Morgan fingerprint density at radius 1 is 1.53 bits per heavy atom. The SMILES string of the molecule is N#C/C(=N\Nc1c(I)cc([N+](=O)[O-])cc1I)C(=N)N. The molecule has 0 aliphatic rings. The number of nitro groups is 1. The van der Waals surface area contributed by atoms with Crippen LogP contribution in [0.4, 0.5) is 11.4 Å². The zero-order valence-electron chi connectivity index (χ0n) is 9.15. The molecule has 0 amide bonds. The number of nitro benzene ring substituents is 1. The van der Waals surface area contributed by atoms with E-state index in [0.717, 1.165) is 0 Å². The summed E-state index contributed by atoms with van der Waals surface area (Å²) in [6.45, 7) is 0. The number of non-ortho nitro benzene ring substituents is 1. The number of hydrazone groups is 1. The fraction of sp³-hybridized carbons (Fsp3) is 0. The third-order valence-electron chi connectivity index (χ3n) is 1.88. The summed E-state index contributed by atoms with van der Waals surface area (Å²) in [5, 5.41) is 30.2. The average Bonchev–Trinajstić information content (AvgIpc) is 2.31. The van der Waals surface area contributed by atoms with E-state index in [1.54, 1.807) is 6.07 Å². The van der Waals surface area contributed by atoms with Crippen molar-refractivity contribution in [2.75, 3.05) is 5.43 Å². The summed E-state index contributed by atoms with van der Waals surface area (Å²) >= 11 is 3.82. The summed E-state index contributed by atoms with van der Waals surface area (Å²) in [4.78, 5) is 10.2. The summed E-state index contributed by atoms with van der Waals surface area (Å²) in [6.07, 6.45) is 0. The van der Waals surface area contributed by atoms with Crippen LogP contribution in [0.2, 0.25) is 0 Å². The summed E-state index contributed by atoms with van der Waals surface area (Å²) in [6, 6.07) is 4.42. The van der Waals surface area contributed by atoms with Crippen LogP contribution in [0.25, 0.3) is 0 Å². The van der Waals surface area contributed by atoms with Crippen molar-refractivity contribution in [3.05, 3.63) is 29.4 Å². The Hall–Kier alpha value is -1.49. The minimum Gasteiger partial charge on any atom is -0.382 e. The first-order valence-electron chi connectivity index (χ1n) is 4.58. The van der Waals surface area contributed by atoms with Gasteiger partial charge in [-0.05, 0) is 45.2 Å². The zero-order chi connectivity index (χ0) is 14.6. The van der Waals surface area contributed by atoms with Crippen LogP contribution in [0, 0.1) is 34.0 Å². The Balaban J connectivity index is 3.14. The van der Waals surface area contributed by atoms with Gasteiger partial charge in [0.1, 0.15) is 6.07 Å². The standard InChI is InChI=1S/C9H6I2N6O2/c10-5-1-4(17(18)19)2-6(11)8(5)16-15-7(3-12)9(13)14/h1-2,16H,(H3,13,14)/b15-7+. The maximum atomic E-state index is 10.7. The van der Waals surface area contributed by atoms with E-state index in [-0.39, 0.29) is 11.4 Å². The summed E-state index contributed by atoms with van der Waals surface area (Å²) < 4.78 is 1.14. The maximum Gasteiger partial charge on any atom is 0.271 e. The van der Waals surface area contributed by atoms with Gasteiger partial charge in [0.2, 0.25) is 5.71 Å². The molecule has 10 heteroatoms. The van der Waals surface area contributed by atoms with Crippen molar-refractivity contribution >= 4 is 68.1 Å². The highest BCUT2D eigenvalue weighted by molar-refractivity contribution is 14.1. The smallest absolute Gasteiger partial charge is 0.271 e. The van der Waals surface area contributed by atoms with E-state index in [0.29, 0.717) is 12.8 Å². The van der Waals surface area contributed by atoms with E-state index in [1.165, 1.54) is 12.1 Å². The molecule has 0 atom stereocenters. The van der Waals surface area contributed by atoms with Gasteiger partial charge in [-0.25, -0.2) is 0 Å². The van der Waals surface area contributed by atoms with E-state index in [1.807, 2.05) is 45.2 Å². The fourth-order valence-electron chi connectivity index (χ4n) is 1.03. The zero-order valence-corrected chi connectivity index (χ0v) is 13.5. The number of nitriles is 1. The largest absolute Gasteiger partial charge is 0.382 e. The molecule has 0 fully saturated rings. The molecule has 1 aromatic rings. The fourth-order valence-corrected chi connectivity index (χ4v) is 3.01. The van der Waals surface area contributed by atoms with Gasteiger partial charge in [-0.2, -0.15) is 10.4 Å². The van der Waals surface area contributed by atoms with Gasteiger partial charge in [0, 0.05) is 19.3 Å². The molecule has 0 heterocycles. The molecule has 4 N–H and O–H groups in total. The second kappa shape index (κ2) is 6.61. The number of anilines is 1. The van der Waals surface area contributed by atoms with Gasteiger partial charge in [-0.15, -0.1) is 0 Å². The molecular formula is C9H6I2N6O2. The number of rotatable bonds is 4. The number of hydrogen-bond acceptors (Lipinski definition) is 6. The van der Waals surface area contributed by atoms with Gasteiger partial charge in [-0.1, -0.05) is 0 Å². The van der Waals surface area contributed by atoms with Gasteiger partial charge < -0.3 is 5.73 Å². The molecule has 0 unspecified atom stereocenters. The van der Waals surface area contributed by atoms with Crippen molar-refractivity contribution in [1.29, 1.82) is 10.7 Å². The topological polar surface area (TPSA) is 141 Å². The van der Waals surface area contributed by atoms with Crippen LogP contribution < -0.4 is 11.2 Å². The molecule has 0 bridgehead atoms. The lowest BCUT2D eigenvalue weighted by Gasteiger charge is -2.07. The molecule has 8 nitrogen and oxygen atoms in total. The number of nitrogens with one attached hydrogen (secondary N) is 2. The number of hydrogen-bond donors (Lipinski definition) is 3. The Bertz CT molecular complexity index is 599. The van der Waals surface area contributed by atoms with E-state index >= 15 is 0 Å². The number of nitrogens with zero attached hydrogens (tertiary/aromatic N) is 3. The first kappa shape index (κ1) is 15.6. The molecule has 0 aliphatic heterocycles.